The van der Waals surface area contributed by atoms with Crippen molar-refractivity contribution in [3.05, 3.63) is 29.8 Å². The Balaban J connectivity index is 1.59. The average Bonchev–Trinajstić information content (AvgIpc) is 2.63. The molecule has 0 radical (unpaired) electrons. The molecule has 1 N–H and O–H groups in total. The van der Waals surface area contributed by atoms with Crippen LogP contribution in [-0.2, 0) is 9.84 Å². The quantitative estimate of drug-likeness (QED) is 0.872. The van der Waals surface area contributed by atoms with Crippen LogP contribution in [0.1, 0.15) is 51.0 Å². The normalized spacial score (nSPS) is 21.7. The third-order valence-corrected chi connectivity index (χ3v) is 7.99. The first-order chi connectivity index (χ1) is 12.0. The fourth-order valence-corrected chi connectivity index (χ4v) is 5.21. The van der Waals surface area contributed by atoms with Crippen LogP contribution in [0.4, 0.5) is 0 Å². The standard InChI is InChI=1S/C20H32N2O2S/c1-16(2)25(23,24)20-5-3-4-19(14-20)18-8-12-22(13-9-18)15-17-6-10-21-11-7-17/h3-5,14,16-18,21H,6-13,15H2,1-2H3. The van der Waals surface area contributed by atoms with Crippen LogP contribution in [-0.4, -0.2) is 51.3 Å². The highest BCUT2D eigenvalue weighted by molar-refractivity contribution is 7.92. The van der Waals surface area contributed by atoms with Gasteiger partial charge < -0.3 is 10.2 Å². The van der Waals surface area contributed by atoms with E-state index in [4.69, 9.17) is 0 Å². The first kappa shape index (κ1) is 18.9. The molecule has 2 heterocycles. The molecule has 25 heavy (non-hydrogen) atoms. The zero-order valence-electron chi connectivity index (χ0n) is 15.6. The van der Waals surface area contributed by atoms with Gasteiger partial charge in [0.2, 0.25) is 0 Å². The van der Waals surface area contributed by atoms with Gasteiger partial charge in [0.1, 0.15) is 0 Å². The van der Waals surface area contributed by atoms with E-state index in [0.717, 1.165) is 44.9 Å². The molecule has 0 spiro atoms. The van der Waals surface area contributed by atoms with Crippen LogP contribution in [0.3, 0.4) is 0 Å². The van der Waals surface area contributed by atoms with Crippen molar-refractivity contribution in [1.29, 1.82) is 0 Å². The van der Waals surface area contributed by atoms with E-state index in [1.807, 2.05) is 12.1 Å². The zero-order valence-corrected chi connectivity index (χ0v) is 16.4. The number of rotatable bonds is 5. The molecule has 3 rings (SSSR count). The number of likely N-dealkylation sites (tertiary alicyclic amines) is 1. The molecule has 2 fully saturated rings. The summed E-state index contributed by atoms with van der Waals surface area (Å²) >= 11 is 0. The molecule has 0 aliphatic carbocycles. The molecule has 4 nitrogen and oxygen atoms in total. The van der Waals surface area contributed by atoms with Gasteiger partial charge in [-0.25, -0.2) is 8.42 Å². The van der Waals surface area contributed by atoms with Crippen LogP contribution < -0.4 is 5.32 Å². The molecule has 0 unspecified atom stereocenters. The SMILES string of the molecule is CC(C)S(=O)(=O)c1cccc(C2CCN(CC3CCNCC3)CC2)c1. The third kappa shape index (κ3) is 4.63. The minimum Gasteiger partial charge on any atom is -0.317 e. The summed E-state index contributed by atoms with van der Waals surface area (Å²) in [6.07, 6.45) is 4.87. The lowest BCUT2D eigenvalue weighted by Gasteiger charge is -2.35. The highest BCUT2D eigenvalue weighted by atomic mass is 32.2. The van der Waals surface area contributed by atoms with E-state index in [9.17, 15) is 8.42 Å². The Kier molecular flexibility index (Phi) is 6.18. The van der Waals surface area contributed by atoms with Gasteiger partial charge in [0.15, 0.2) is 9.84 Å². The van der Waals surface area contributed by atoms with Gasteiger partial charge in [-0.15, -0.1) is 0 Å². The monoisotopic (exact) mass is 364 g/mol. The number of benzene rings is 1. The zero-order chi connectivity index (χ0) is 17.9. The molecule has 2 saturated heterocycles. The van der Waals surface area contributed by atoms with Gasteiger partial charge in [-0.3, -0.25) is 0 Å². The Bertz CT molecular complexity index is 658. The fraction of sp³-hybridized carbons (Fsp3) is 0.700. The molecular weight excluding hydrogens is 332 g/mol. The summed E-state index contributed by atoms with van der Waals surface area (Å²) in [5.41, 5.74) is 1.20. The maximum absolute atomic E-state index is 12.4. The van der Waals surface area contributed by atoms with Crippen LogP contribution in [0, 0.1) is 5.92 Å². The number of nitrogens with zero attached hydrogens (tertiary/aromatic N) is 1. The lowest BCUT2D eigenvalue weighted by molar-refractivity contribution is 0.167. The first-order valence-corrected chi connectivity index (χ1v) is 11.3. The van der Waals surface area contributed by atoms with Crippen molar-refractivity contribution >= 4 is 9.84 Å². The van der Waals surface area contributed by atoms with Crippen LogP contribution in [0.2, 0.25) is 0 Å². The van der Waals surface area contributed by atoms with Crippen LogP contribution in [0.5, 0.6) is 0 Å². The summed E-state index contributed by atoms with van der Waals surface area (Å²) in [6.45, 7) is 9.33. The second-order valence-corrected chi connectivity index (χ2v) is 10.4. The highest BCUT2D eigenvalue weighted by Gasteiger charge is 2.25. The molecule has 1 aromatic carbocycles. The molecule has 140 valence electrons. The van der Waals surface area contributed by atoms with Gasteiger partial charge in [-0.1, -0.05) is 12.1 Å². The number of nitrogens with one attached hydrogen (secondary N) is 1. The molecule has 0 aromatic heterocycles. The van der Waals surface area contributed by atoms with Gasteiger partial charge in [-0.2, -0.15) is 0 Å². The van der Waals surface area contributed by atoms with Gasteiger partial charge in [0.25, 0.3) is 0 Å². The fourth-order valence-electron chi connectivity index (χ4n) is 4.10. The van der Waals surface area contributed by atoms with Crippen molar-refractivity contribution in [1.82, 2.24) is 10.2 Å². The second kappa shape index (κ2) is 8.19. The smallest absolute Gasteiger partial charge is 0.180 e. The summed E-state index contributed by atoms with van der Waals surface area (Å²) in [4.78, 5) is 3.10. The van der Waals surface area contributed by atoms with E-state index in [-0.39, 0.29) is 5.25 Å². The molecule has 0 saturated carbocycles. The van der Waals surface area contributed by atoms with Gasteiger partial charge in [0, 0.05) is 6.54 Å². The molecular formula is C20H32N2O2S. The summed E-state index contributed by atoms with van der Waals surface area (Å²) in [5, 5.41) is 3.07. The van der Waals surface area contributed by atoms with E-state index >= 15 is 0 Å². The number of piperidine rings is 2. The summed E-state index contributed by atoms with van der Waals surface area (Å²) < 4.78 is 24.9. The number of sulfone groups is 1. The molecule has 5 heteroatoms. The average molecular weight is 365 g/mol. The van der Waals surface area contributed by atoms with Crippen molar-refractivity contribution in [2.24, 2.45) is 5.92 Å². The highest BCUT2D eigenvalue weighted by Crippen LogP contribution is 2.30. The molecule has 2 aliphatic heterocycles. The maximum Gasteiger partial charge on any atom is 0.180 e. The minimum atomic E-state index is -3.18. The van der Waals surface area contributed by atoms with Gasteiger partial charge in [-0.05, 0) is 95.2 Å². The molecule has 2 aliphatic rings. The summed E-state index contributed by atoms with van der Waals surface area (Å²) in [6, 6.07) is 7.67. The van der Waals surface area contributed by atoms with E-state index < -0.39 is 9.84 Å². The van der Waals surface area contributed by atoms with Crippen molar-refractivity contribution < 1.29 is 8.42 Å². The lowest BCUT2D eigenvalue weighted by Crippen LogP contribution is -2.39. The van der Waals surface area contributed by atoms with Gasteiger partial charge >= 0.3 is 0 Å². The van der Waals surface area contributed by atoms with Crippen molar-refractivity contribution in [2.75, 3.05) is 32.7 Å². The van der Waals surface area contributed by atoms with Crippen LogP contribution >= 0.6 is 0 Å². The van der Waals surface area contributed by atoms with E-state index in [1.54, 1.807) is 19.9 Å². The van der Waals surface area contributed by atoms with E-state index in [1.165, 1.54) is 24.9 Å². The summed E-state index contributed by atoms with van der Waals surface area (Å²) in [7, 11) is -3.18. The Morgan fingerprint density at radius 1 is 1.12 bits per heavy atom. The summed E-state index contributed by atoms with van der Waals surface area (Å²) in [5.74, 6) is 1.34. The lowest BCUT2D eigenvalue weighted by atomic mass is 9.88. The Hall–Kier alpha value is -0.910. The van der Waals surface area contributed by atoms with Crippen molar-refractivity contribution in [3.63, 3.8) is 0 Å². The Morgan fingerprint density at radius 3 is 2.44 bits per heavy atom. The van der Waals surface area contributed by atoms with E-state index in [0.29, 0.717) is 10.8 Å². The van der Waals surface area contributed by atoms with Gasteiger partial charge in [0.05, 0.1) is 10.1 Å². The topological polar surface area (TPSA) is 49.4 Å². The maximum atomic E-state index is 12.4. The minimum absolute atomic E-state index is 0.366. The molecule has 0 amide bonds. The second-order valence-electron chi connectivity index (χ2n) is 7.93. The van der Waals surface area contributed by atoms with Crippen LogP contribution in [0.25, 0.3) is 0 Å². The molecule has 0 atom stereocenters. The largest absolute Gasteiger partial charge is 0.317 e. The molecule has 0 bridgehead atoms. The van der Waals surface area contributed by atoms with Crippen LogP contribution in [0.15, 0.2) is 29.2 Å². The number of hydrogen-bond donors (Lipinski definition) is 1. The Morgan fingerprint density at radius 2 is 1.80 bits per heavy atom. The predicted molar refractivity (Wildman–Crippen MR) is 103 cm³/mol. The number of hydrogen-bond acceptors (Lipinski definition) is 4. The first-order valence-electron chi connectivity index (χ1n) is 9.73. The third-order valence-electron chi connectivity index (χ3n) is 5.84. The molecule has 1 aromatic rings. The Labute approximate surface area is 152 Å². The predicted octanol–water partition coefficient (Wildman–Crippen LogP) is 3.05. The van der Waals surface area contributed by atoms with Crippen molar-refractivity contribution in [3.8, 4) is 0 Å². The van der Waals surface area contributed by atoms with E-state index in [2.05, 4.69) is 16.3 Å². The van der Waals surface area contributed by atoms with Crippen molar-refractivity contribution in [2.45, 2.75) is 55.6 Å².